The summed E-state index contributed by atoms with van der Waals surface area (Å²) < 4.78 is 0. The first-order chi connectivity index (χ1) is 8.59. The SMILES string of the molecule is CC(C)N(CC1CCNCC1)CC1(O)CCCC1. The maximum atomic E-state index is 10.6. The van der Waals surface area contributed by atoms with Crippen molar-refractivity contribution in [1.29, 1.82) is 0 Å². The number of aliphatic hydroxyl groups is 1. The Morgan fingerprint density at radius 1 is 1.22 bits per heavy atom. The maximum absolute atomic E-state index is 10.6. The molecule has 1 saturated heterocycles. The first-order valence-electron chi connectivity index (χ1n) is 7.76. The number of rotatable bonds is 5. The van der Waals surface area contributed by atoms with E-state index in [2.05, 4.69) is 24.1 Å². The predicted molar refractivity (Wildman–Crippen MR) is 75.7 cm³/mol. The quantitative estimate of drug-likeness (QED) is 0.788. The summed E-state index contributed by atoms with van der Waals surface area (Å²) in [6, 6.07) is 0.546. The molecule has 3 nitrogen and oxygen atoms in total. The van der Waals surface area contributed by atoms with Gasteiger partial charge < -0.3 is 10.4 Å². The van der Waals surface area contributed by atoms with Crippen molar-refractivity contribution in [2.75, 3.05) is 26.2 Å². The van der Waals surface area contributed by atoms with Gasteiger partial charge in [-0.15, -0.1) is 0 Å². The third kappa shape index (κ3) is 3.94. The molecule has 0 spiro atoms. The van der Waals surface area contributed by atoms with Crippen LogP contribution in [0.2, 0.25) is 0 Å². The van der Waals surface area contributed by atoms with Crippen molar-refractivity contribution in [2.45, 2.75) is 64.0 Å². The highest BCUT2D eigenvalue weighted by Gasteiger charge is 2.34. The van der Waals surface area contributed by atoms with Crippen molar-refractivity contribution < 1.29 is 5.11 Å². The van der Waals surface area contributed by atoms with Crippen LogP contribution in [0.4, 0.5) is 0 Å². The Labute approximate surface area is 112 Å². The molecular weight excluding hydrogens is 224 g/mol. The third-order valence-electron chi connectivity index (χ3n) is 4.71. The lowest BCUT2D eigenvalue weighted by molar-refractivity contribution is -0.00551. The number of nitrogens with zero attached hydrogens (tertiary/aromatic N) is 1. The van der Waals surface area contributed by atoms with Gasteiger partial charge in [0.2, 0.25) is 0 Å². The van der Waals surface area contributed by atoms with Gasteiger partial charge in [0, 0.05) is 19.1 Å². The van der Waals surface area contributed by atoms with E-state index >= 15 is 0 Å². The van der Waals surface area contributed by atoms with Gasteiger partial charge in [0.05, 0.1) is 5.60 Å². The van der Waals surface area contributed by atoms with Crippen molar-refractivity contribution in [3.8, 4) is 0 Å². The van der Waals surface area contributed by atoms with E-state index in [1.807, 2.05) is 0 Å². The first-order valence-corrected chi connectivity index (χ1v) is 7.76. The van der Waals surface area contributed by atoms with Crippen molar-refractivity contribution in [3.63, 3.8) is 0 Å². The van der Waals surface area contributed by atoms with Gasteiger partial charge >= 0.3 is 0 Å². The third-order valence-corrected chi connectivity index (χ3v) is 4.71. The Balaban J connectivity index is 1.86. The summed E-state index contributed by atoms with van der Waals surface area (Å²) in [7, 11) is 0. The van der Waals surface area contributed by atoms with Crippen LogP contribution in [0.15, 0.2) is 0 Å². The van der Waals surface area contributed by atoms with Crippen LogP contribution in [0.3, 0.4) is 0 Å². The molecule has 0 aromatic carbocycles. The zero-order valence-corrected chi connectivity index (χ0v) is 12.1. The second kappa shape index (κ2) is 6.36. The molecule has 0 atom stereocenters. The monoisotopic (exact) mass is 254 g/mol. The van der Waals surface area contributed by atoms with E-state index in [1.165, 1.54) is 45.3 Å². The summed E-state index contributed by atoms with van der Waals surface area (Å²) in [6.45, 7) is 8.91. The number of hydrogen-bond donors (Lipinski definition) is 2. The summed E-state index contributed by atoms with van der Waals surface area (Å²) in [4.78, 5) is 2.52. The molecule has 2 fully saturated rings. The molecule has 106 valence electrons. The van der Waals surface area contributed by atoms with E-state index in [1.54, 1.807) is 0 Å². The molecule has 0 aromatic rings. The highest BCUT2D eigenvalue weighted by atomic mass is 16.3. The van der Waals surface area contributed by atoms with Crippen molar-refractivity contribution in [1.82, 2.24) is 10.2 Å². The topological polar surface area (TPSA) is 35.5 Å². The summed E-state index contributed by atoms with van der Waals surface area (Å²) >= 11 is 0. The van der Waals surface area contributed by atoms with Crippen molar-refractivity contribution in [3.05, 3.63) is 0 Å². The van der Waals surface area contributed by atoms with Crippen LogP contribution in [-0.4, -0.2) is 47.8 Å². The molecule has 0 radical (unpaired) electrons. The van der Waals surface area contributed by atoms with E-state index in [4.69, 9.17) is 0 Å². The molecule has 2 rings (SSSR count). The molecule has 2 aliphatic rings. The van der Waals surface area contributed by atoms with Gasteiger partial charge in [-0.3, -0.25) is 4.90 Å². The minimum atomic E-state index is -0.392. The minimum Gasteiger partial charge on any atom is -0.389 e. The Bertz CT molecular complexity index is 243. The average Bonchev–Trinajstić information content (AvgIpc) is 2.76. The second-order valence-corrected chi connectivity index (χ2v) is 6.65. The number of piperidine rings is 1. The Hall–Kier alpha value is -0.120. The normalized spacial score (nSPS) is 25.2. The van der Waals surface area contributed by atoms with Crippen LogP contribution in [0.1, 0.15) is 52.4 Å². The summed E-state index contributed by atoms with van der Waals surface area (Å²) in [5.41, 5.74) is -0.392. The zero-order chi connectivity index (χ0) is 13.0. The molecule has 18 heavy (non-hydrogen) atoms. The molecule has 1 aliphatic carbocycles. The van der Waals surface area contributed by atoms with Crippen molar-refractivity contribution >= 4 is 0 Å². The van der Waals surface area contributed by atoms with Gasteiger partial charge in [0.1, 0.15) is 0 Å². The molecule has 0 amide bonds. The van der Waals surface area contributed by atoms with Crippen LogP contribution in [0.25, 0.3) is 0 Å². The Morgan fingerprint density at radius 3 is 2.39 bits per heavy atom. The van der Waals surface area contributed by atoms with Gasteiger partial charge in [0.25, 0.3) is 0 Å². The molecule has 1 saturated carbocycles. The molecule has 3 heteroatoms. The van der Waals surface area contributed by atoms with E-state index in [0.29, 0.717) is 6.04 Å². The van der Waals surface area contributed by atoms with Gasteiger partial charge in [-0.1, -0.05) is 12.8 Å². The Kier molecular flexibility index (Phi) is 5.05. The van der Waals surface area contributed by atoms with E-state index < -0.39 is 5.60 Å². The van der Waals surface area contributed by atoms with Crippen molar-refractivity contribution in [2.24, 2.45) is 5.92 Å². The van der Waals surface area contributed by atoms with Crippen LogP contribution in [0.5, 0.6) is 0 Å². The average molecular weight is 254 g/mol. The van der Waals surface area contributed by atoms with Crippen LogP contribution >= 0.6 is 0 Å². The molecule has 1 aliphatic heterocycles. The van der Waals surface area contributed by atoms with Gasteiger partial charge in [-0.2, -0.15) is 0 Å². The standard InChI is InChI=1S/C15H30N2O/c1-13(2)17(11-14-5-9-16-10-6-14)12-15(18)7-3-4-8-15/h13-14,16,18H,3-12H2,1-2H3. The van der Waals surface area contributed by atoms with Crippen LogP contribution < -0.4 is 5.32 Å². The number of hydrogen-bond acceptors (Lipinski definition) is 3. The highest BCUT2D eigenvalue weighted by Crippen LogP contribution is 2.31. The summed E-state index contributed by atoms with van der Waals surface area (Å²) in [6.07, 6.45) is 7.00. The fourth-order valence-electron chi connectivity index (χ4n) is 3.42. The van der Waals surface area contributed by atoms with Gasteiger partial charge in [-0.25, -0.2) is 0 Å². The second-order valence-electron chi connectivity index (χ2n) is 6.65. The highest BCUT2D eigenvalue weighted by molar-refractivity contribution is 4.89. The van der Waals surface area contributed by atoms with Crippen LogP contribution in [0, 0.1) is 5.92 Å². The molecular formula is C15H30N2O. The van der Waals surface area contributed by atoms with E-state index in [9.17, 15) is 5.11 Å². The summed E-state index contributed by atoms with van der Waals surface area (Å²) in [5.74, 6) is 0.818. The largest absolute Gasteiger partial charge is 0.389 e. The minimum absolute atomic E-state index is 0.392. The molecule has 2 N–H and O–H groups in total. The molecule has 0 aromatic heterocycles. The maximum Gasteiger partial charge on any atom is 0.0774 e. The van der Waals surface area contributed by atoms with E-state index in [0.717, 1.165) is 25.3 Å². The lowest BCUT2D eigenvalue weighted by Gasteiger charge is -2.37. The van der Waals surface area contributed by atoms with Gasteiger partial charge in [0.15, 0.2) is 0 Å². The fourth-order valence-corrected chi connectivity index (χ4v) is 3.42. The summed E-state index contributed by atoms with van der Waals surface area (Å²) in [5, 5.41) is 14.0. The number of nitrogens with one attached hydrogen (secondary N) is 1. The smallest absolute Gasteiger partial charge is 0.0774 e. The molecule has 1 heterocycles. The lowest BCUT2D eigenvalue weighted by atomic mass is 9.95. The lowest BCUT2D eigenvalue weighted by Crippen LogP contribution is -2.47. The predicted octanol–water partition coefficient (Wildman–Crippen LogP) is 2.00. The molecule has 0 bridgehead atoms. The van der Waals surface area contributed by atoms with Gasteiger partial charge in [-0.05, 0) is 58.5 Å². The van der Waals surface area contributed by atoms with E-state index in [-0.39, 0.29) is 0 Å². The molecule has 0 unspecified atom stereocenters. The fraction of sp³-hybridized carbons (Fsp3) is 1.00. The first kappa shape index (κ1) is 14.3. The van der Waals surface area contributed by atoms with Crippen LogP contribution in [-0.2, 0) is 0 Å². The zero-order valence-electron chi connectivity index (χ0n) is 12.1. The Morgan fingerprint density at radius 2 is 1.83 bits per heavy atom.